The van der Waals surface area contributed by atoms with Gasteiger partial charge in [-0.15, -0.1) is 0 Å². The van der Waals surface area contributed by atoms with Crippen molar-refractivity contribution >= 4 is 0 Å². The van der Waals surface area contributed by atoms with Crippen molar-refractivity contribution in [2.24, 2.45) is 0 Å². The van der Waals surface area contributed by atoms with Crippen molar-refractivity contribution in [2.75, 3.05) is 20.2 Å². The zero-order valence-corrected chi connectivity index (χ0v) is 12.8. The smallest absolute Gasteiger partial charge is 0.0610 e. The summed E-state index contributed by atoms with van der Waals surface area (Å²) in [5, 5.41) is 13.2. The number of nitrogens with zero attached hydrogens (tertiary/aromatic N) is 1. The normalized spacial score (nSPS) is 24.6. The number of aliphatic hydroxyl groups excluding tert-OH is 1. The van der Waals surface area contributed by atoms with Gasteiger partial charge in [-0.25, -0.2) is 0 Å². The van der Waals surface area contributed by atoms with Crippen LogP contribution in [0.15, 0.2) is 0 Å². The first-order valence-electron chi connectivity index (χ1n) is 8.22. The van der Waals surface area contributed by atoms with Gasteiger partial charge in [0.2, 0.25) is 0 Å². The number of aliphatic hydroxyl groups is 1. The molecule has 19 heavy (non-hydrogen) atoms. The van der Waals surface area contributed by atoms with E-state index in [4.69, 9.17) is 0 Å². The quantitative estimate of drug-likeness (QED) is 0.710. The van der Waals surface area contributed by atoms with Crippen LogP contribution in [0.4, 0.5) is 0 Å². The van der Waals surface area contributed by atoms with Crippen molar-refractivity contribution in [3.05, 3.63) is 0 Å². The maximum Gasteiger partial charge on any atom is 0.0610 e. The fourth-order valence-corrected chi connectivity index (χ4v) is 3.34. The maximum absolute atomic E-state index is 9.60. The summed E-state index contributed by atoms with van der Waals surface area (Å²) in [5.41, 5.74) is -0.0609. The zero-order chi connectivity index (χ0) is 13.7. The Labute approximate surface area is 118 Å². The van der Waals surface area contributed by atoms with E-state index in [-0.39, 0.29) is 12.1 Å². The molecule has 2 N–H and O–H groups in total. The van der Waals surface area contributed by atoms with E-state index in [0.717, 1.165) is 12.5 Å². The molecule has 1 atom stereocenters. The molecule has 0 aromatic heterocycles. The molecule has 0 saturated heterocycles. The molecule has 0 radical (unpaired) electrons. The molecule has 2 rings (SSSR count). The maximum atomic E-state index is 9.60. The van der Waals surface area contributed by atoms with Gasteiger partial charge < -0.3 is 15.3 Å². The number of nitrogens with one attached hydrogen (secondary N) is 1. The Hall–Kier alpha value is -0.120. The number of hydrogen-bond donors (Lipinski definition) is 2. The van der Waals surface area contributed by atoms with Gasteiger partial charge in [-0.05, 0) is 59.0 Å². The molecule has 0 heterocycles. The molecule has 2 fully saturated rings. The van der Waals surface area contributed by atoms with Crippen LogP contribution >= 0.6 is 0 Å². The van der Waals surface area contributed by atoms with E-state index in [9.17, 15) is 5.11 Å². The molecule has 2 aliphatic carbocycles. The average molecular weight is 268 g/mol. The first-order chi connectivity index (χ1) is 9.13. The molecular formula is C16H32N2O. The van der Waals surface area contributed by atoms with Crippen molar-refractivity contribution in [1.29, 1.82) is 0 Å². The van der Waals surface area contributed by atoms with Crippen molar-refractivity contribution in [2.45, 2.75) is 82.3 Å². The number of hydrogen-bond acceptors (Lipinski definition) is 3. The highest BCUT2D eigenvalue weighted by atomic mass is 16.3. The lowest BCUT2D eigenvalue weighted by molar-refractivity contribution is 0.145. The Morgan fingerprint density at radius 2 is 1.84 bits per heavy atom. The van der Waals surface area contributed by atoms with Gasteiger partial charge in [-0.2, -0.15) is 0 Å². The van der Waals surface area contributed by atoms with Gasteiger partial charge in [0.05, 0.1) is 6.61 Å². The van der Waals surface area contributed by atoms with Gasteiger partial charge in [-0.3, -0.25) is 0 Å². The van der Waals surface area contributed by atoms with Crippen LogP contribution < -0.4 is 5.32 Å². The third-order valence-electron chi connectivity index (χ3n) is 4.92. The minimum absolute atomic E-state index is 0.0609. The minimum atomic E-state index is -0.0609. The predicted octanol–water partition coefficient (Wildman–Crippen LogP) is 2.53. The molecule has 0 aromatic carbocycles. The molecule has 3 heteroatoms. The molecule has 0 aliphatic heterocycles. The van der Waals surface area contributed by atoms with Gasteiger partial charge in [0.15, 0.2) is 0 Å². The highest BCUT2D eigenvalue weighted by molar-refractivity contribution is 4.92. The molecule has 3 nitrogen and oxygen atoms in total. The van der Waals surface area contributed by atoms with Gasteiger partial charge in [0.1, 0.15) is 0 Å². The second kappa shape index (κ2) is 7.05. The lowest BCUT2D eigenvalue weighted by atomic mass is 9.93. The van der Waals surface area contributed by atoms with E-state index in [1.54, 1.807) is 0 Å². The Bertz CT molecular complexity index is 261. The Morgan fingerprint density at radius 3 is 2.42 bits per heavy atom. The van der Waals surface area contributed by atoms with Crippen molar-refractivity contribution < 1.29 is 5.11 Å². The lowest BCUT2D eigenvalue weighted by Crippen LogP contribution is -2.47. The second-order valence-corrected chi connectivity index (χ2v) is 7.01. The van der Waals surface area contributed by atoms with Crippen LogP contribution in [0, 0.1) is 0 Å². The Balaban J connectivity index is 1.65. The monoisotopic (exact) mass is 268 g/mol. The SMILES string of the molecule is CN(CCCC(C)(CO)NC1CC1)C1CCCCC1. The van der Waals surface area contributed by atoms with Gasteiger partial charge in [0.25, 0.3) is 0 Å². The fourth-order valence-electron chi connectivity index (χ4n) is 3.34. The summed E-state index contributed by atoms with van der Waals surface area (Å²) in [6.07, 6.45) is 11.9. The van der Waals surface area contributed by atoms with Crippen LogP contribution in [0.3, 0.4) is 0 Å². The molecule has 0 bridgehead atoms. The average Bonchev–Trinajstić information content (AvgIpc) is 3.23. The molecular weight excluding hydrogens is 236 g/mol. The topological polar surface area (TPSA) is 35.5 Å². The summed E-state index contributed by atoms with van der Waals surface area (Å²) in [6.45, 7) is 3.61. The number of rotatable bonds is 8. The van der Waals surface area contributed by atoms with E-state index < -0.39 is 0 Å². The van der Waals surface area contributed by atoms with Crippen molar-refractivity contribution in [1.82, 2.24) is 10.2 Å². The van der Waals surface area contributed by atoms with E-state index in [0.29, 0.717) is 6.04 Å². The summed E-state index contributed by atoms with van der Waals surface area (Å²) in [4.78, 5) is 2.55. The van der Waals surface area contributed by atoms with Gasteiger partial charge in [0, 0.05) is 17.6 Å². The van der Waals surface area contributed by atoms with Crippen LogP contribution in [0.5, 0.6) is 0 Å². The standard InChI is InChI=1S/C16H32N2O/c1-16(13-19,17-14-9-10-14)11-6-12-18(2)15-7-4-3-5-8-15/h14-15,17,19H,3-13H2,1-2H3. The summed E-state index contributed by atoms with van der Waals surface area (Å²) >= 11 is 0. The molecule has 1 unspecified atom stereocenters. The fraction of sp³-hybridized carbons (Fsp3) is 1.00. The molecule has 0 amide bonds. The summed E-state index contributed by atoms with van der Waals surface area (Å²) in [7, 11) is 2.28. The second-order valence-electron chi connectivity index (χ2n) is 7.01. The Morgan fingerprint density at radius 1 is 1.16 bits per heavy atom. The summed E-state index contributed by atoms with van der Waals surface area (Å²) < 4.78 is 0. The van der Waals surface area contributed by atoms with Crippen LogP contribution in [-0.2, 0) is 0 Å². The molecule has 2 saturated carbocycles. The van der Waals surface area contributed by atoms with Crippen LogP contribution in [0.25, 0.3) is 0 Å². The molecule has 112 valence electrons. The van der Waals surface area contributed by atoms with Crippen molar-refractivity contribution in [3.63, 3.8) is 0 Å². The predicted molar refractivity (Wildman–Crippen MR) is 80.4 cm³/mol. The minimum Gasteiger partial charge on any atom is -0.394 e. The van der Waals surface area contributed by atoms with E-state index in [1.165, 1.54) is 57.9 Å². The third-order valence-corrected chi connectivity index (χ3v) is 4.92. The van der Waals surface area contributed by atoms with Crippen LogP contribution in [0.2, 0.25) is 0 Å². The van der Waals surface area contributed by atoms with E-state index >= 15 is 0 Å². The molecule has 0 spiro atoms. The largest absolute Gasteiger partial charge is 0.394 e. The van der Waals surface area contributed by atoms with Gasteiger partial charge >= 0.3 is 0 Å². The first kappa shape index (κ1) is 15.3. The van der Waals surface area contributed by atoms with Crippen molar-refractivity contribution in [3.8, 4) is 0 Å². The molecule has 0 aromatic rings. The van der Waals surface area contributed by atoms with Crippen LogP contribution in [-0.4, -0.2) is 47.8 Å². The highest BCUT2D eigenvalue weighted by Crippen LogP contribution is 2.25. The summed E-state index contributed by atoms with van der Waals surface area (Å²) in [6, 6.07) is 1.48. The zero-order valence-electron chi connectivity index (χ0n) is 12.8. The highest BCUT2D eigenvalue weighted by Gasteiger charge is 2.31. The first-order valence-corrected chi connectivity index (χ1v) is 8.22. The van der Waals surface area contributed by atoms with E-state index in [2.05, 4.69) is 24.2 Å². The van der Waals surface area contributed by atoms with Gasteiger partial charge in [-0.1, -0.05) is 19.3 Å². The third kappa shape index (κ3) is 5.05. The molecule has 2 aliphatic rings. The van der Waals surface area contributed by atoms with Crippen LogP contribution in [0.1, 0.15) is 64.7 Å². The summed E-state index contributed by atoms with van der Waals surface area (Å²) in [5.74, 6) is 0. The Kier molecular flexibility index (Phi) is 5.67. The lowest BCUT2D eigenvalue weighted by Gasteiger charge is -2.33. The van der Waals surface area contributed by atoms with E-state index in [1.807, 2.05) is 0 Å².